The van der Waals surface area contributed by atoms with Gasteiger partial charge in [0.25, 0.3) is 5.91 Å². The molecule has 4 rings (SSSR count). The number of imidazole rings is 1. The van der Waals surface area contributed by atoms with Crippen LogP contribution in [0.5, 0.6) is 0 Å². The van der Waals surface area contributed by atoms with E-state index < -0.39 is 5.67 Å². The number of hydrogen-bond donors (Lipinski definition) is 1. The fourth-order valence-corrected chi connectivity index (χ4v) is 3.70. The van der Waals surface area contributed by atoms with E-state index in [1.165, 1.54) is 0 Å². The molecule has 0 saturated carbocycles. The predicted octanol–water partition coefficient (Wildman–Crippen LogP) is 3.43. The van der Waals surface area contributed by atoms with E-state index >= 15 is 4.39 Å². The lowest BCUT2D eigenvalue weighted by molar-refractivity contribution is 0.0430. The zero-order chi connectivity index (χ0) is 20.4. The van der Waals surface area contributed by atoms with Crippen LogP contribution in [-0.4, -0.2) is 50.5 Å². The average molecular weight is 416 g/mol. The maximum atomic E-state index is 15.1. The van der Waals surface area contributed by atoms with Crippen LogP contribution in [0.1, 0.15) is 34.6 Å². The molecule has 4 heterocycles. The summed E-state index contributed by atoms with van der Waals surface area (Å²) in [5.41, 5.74) is 1.67. The first-order valence-electron chi connectivity index (χ1n) is 9.67. The van der Waals surface area contributed by atoms with Crippen molar-refractivity contribution in [3.05, 3.63) is 64.8 Å². The normalized spacial score (nSPS) is 16.3. The minimum Gasteiger partial charge on any atom is -0.337 e. The lowest BCUT2D eigenvalue weighted by Crippen LogP contribution is -2.48. The number of aromatic nitrogens is 3. The summed E-state index contributed by atoms with van der Waals surface area (Å²) in [5, 5.41) is 3.73. The summed E-state index contributed by atoms with van der Waals surface area (Å²) in [5.74, 6) is -0.177. The first-order valence-corrected chi connectivity index (χ1v) is 10.0. The number of amides is 1. The summed E-state index contributed by atoms with van der Waals surface area (Å²) in [6, 6.07) is 7.43. The zero-order valence-corrected chi connectivity index (χ0v) is 17.0. The molecule has 0 aromatic carbocycles. The highest BCUT2D eigenvalue weighted by Gasteiger charge is 2.36. The molecule has 1 aliphatic rings. The molecule has 0 aliphatic carbocycles. The topological polar surface area (TPSA) is 62.5 Å². The van der Waals surface area contributed by atoms with Gasteiger partial charge < -0.3 is 14.6 Å². The van der Waals surface area contributed by atoms with Crippen LogP contribution in [0, 0.1) is 6.92 Å². The van der Waals surface area contributed by atoms with E-state index in [1.807, 2.05) is 19.1 Å². The molecular formula is C21H23ClFN5O. The van der Waals surface area contributed by atoms with Crippen LogP contribution in [-0.2, 0) is 6.54 Å². The number of nitrogens with one attached hydrogen (secondary N) is 1. The Kier molecular flexibility index (Phi) is 5.52. The third-order valence-corrected chi connectivity index (χ3v) is 5.52. The fourth-order valence-electron chi connectivity index (χ4n) is 3.53. The van der Waals surface area contributed by atoms with Gasteiger partial charge in [0.2, 0.25) is 0 Å². The molecule has 1 saturated heterocycles. The Labute approximate surface area is 173 Å². The van der Waals surface area contributed by atoms with E-state index in [0.717, 1.165) is 11.3 Å². The quantitative estimate of drug-likeness (QED) is 0.693. The van der Waals surface area contributed by atoms with Gasteiger partial charge in [-0.25, -0.2) is 9.37 Å². The van der Waals surface area contributed by atoms with Crippen LogP contribution in [0.3, 0.4) is 0 Å². The number of halogens is 2. The Morgan fingerprint density at radius 3 is 2.76 bits per heavy atom. The number of alkyl halides is 1. The van der Waals surface area contributed by atoms with E-state index in [4.69, 9.17) is 11.6 Å². The molecule has 0 spiro atoms. The van der Waals surface area contributed by atoms with Crippen LogP contribution in [0.4, 0.5) is 4.39 Å². The van der Waals surface area contributed by atoms with E-state index in [1.54, 1.807) is 40.0 Å². The number of carbonyl (C=O) groups excluding carboxylic acids is 1. The van der Waals surface area contributed by atoms with Crippen LogP contribution >= 0.6 is 11.6 Å². The molecule has 1 fully saturated rings. The fraction of sp³-hybridized carbons (Fsp3) is 0.381. The Balaban J connectivity index is 1.31. The number of likely N-dealkylation sites (tertiary alicyclic amines) is 1. The zero-order valence-electron chi connectivity index (χ0n) is 16.2. The third kappa shape index (κ3) is 4.57. The van der Waals surface area contributed by atoms with E-state index in [9.17, 15) is 4.79 Å². The highest BCUT2D eigenvalue weighted by Crippen LogP contribution is 2.27. The average Bonchev–Trinajstić information content (AvgIpc) is 3.13. The molecule has 1 N–H and O–H groups in total. The van der Waals surface area contributed by atoms with E-state index in [-0.39, 0.29) is 12.5 Å². The second-order valence-electron chi connectivity index (χ2n) is 7.61. The molecule has 0 unspecified atom stereocenters. The van der Waals surface area contributed by atoms with Gasteiger partial charge in [-0.2, -0.15) is 0 Å². The standard InChI is InChI=1S/C21H23ClFN5O/c1-15-2-4-17(25-10-15)11-24-14-21(23)6-8-27(9-7-21)20(29)18-13-28-12-16(22)3-5-19(28)26-18/h2-5,10,12-13,24H,6-9,11,14H2,1H3. The first-order chi connectivity index (χ1) is 13.9. The Morgan fingerprint density at radius 1 is 1.24 bits per heavy atom. The number of nitrogens with zero attached hydrogens (tertiary/aromatic N) is 4. The molecule has 3 aromatic rings. The first kappa shape index (κ1) is 19.8. The summed E-state index contributed by atoms with van der Waals surface area (Å²) in [4.78, 5) is 23.1. The SMILES string of the molecule is Cc1ccc(CNCC2(F)CCN(C(=O)c3cn4cc(Cl)ccc4n3)CC2)nc1. The maximum absolute atomic E-state index is 15.1. The maximum Gasteiger partial charge on any atom is 0.274 e. The minimum atomic E-state index is -1.33. The van der Waals surface area contributed by atoms with E-state index in [2.05, 4.69) is 15.3 Å². The van der Waals surface area contributed by atoms with Crippen molar-refractivity contribution in [2.24, 2.45) is 0 Å². The second kappa shape index (κ2) is 8.08. The molecule has 1 aliphatic heterocycles. The number of aryl methyl sites for hydroxylation is 1. The van der Waals surface area contributed by atoms with Crippen molar-refractivity contribution in [3.63, 3.8) is 0 Å². The van der Waals surface area contributed by atoms with Gasteiger partial charge in [-0.15, -0.1) is 0 Å². The molecule has 8 heteroatoms. The molecule has 29 heavy (non-hydrogen) atoms. The number of piperidine rings is 1. The summed E-state index contributed by atoms with van der Waals surface area (Å²) < 4.78 is 16.9. The van der Waals surface area contributed by atoms with Gasteiger partial charge in [0.15, 0.2) is 0 Å². The summed E-state index contributed by atoms with van der Waals surface area (Å²) in [6.45, 7) is 3.50. The lowest BCUT2D eigenvalue weighted by Gasteiger charge is -2.36. The van der Waals surface area contributed by atoms with Crippen LogP contribution in [0.2, 0.25) is 5.02 Å². The number of carbonyl (C=O) groups is 1. The second-order valence-corrected chi connectivity index (χ2v) is 8.05. The van der Waals surface area contributed by atoms with Gasteiger partial charge in [0, 0.05) is 57.6 Å². The molecule has 0 radical (unpaired) electrons. The highest BCUT2D eigenvalue weighted by molar-refractivity contribution is 6.30. The van der Waals surface area contributed by atoms with Gasteiger partial charge in [-0.05, 0) is 30.7 Å². The molecule has 0 bridgehead atoms. The summed E-state index contributed by atoms with van der Waals surface area (Å²) >= 11 is 5.98. The highest BCUT2D eigenvalue weighted by atomic mass is 35.5. The number of pyridine rings is 2. The van der Waals surface area contributed by atoms with Crippen LogP contribution in [0.15, 0.2) is 42.9 Å². The summed E-state index contributed by atoms with van der Waals surface area (Å²) in [6.07, 6.45) is 5.77. The number of rotatable bonds is 5. The third-order valence-electron chi connectivity index (χ3n) is 5.30. The van der Waals surface area contributed by atoms with Gasteiger partial charge in [-0.1, -0.05) is 17.7 Å². The smallest absolute Gasteiger partial charge is 0.274 e. The molecule has 3 aromatic heterocycles. The van der Waals surface area contributed by atoms with Crippen molar-refractivity contribution in [1.29, 1.82) is 0 Å². The Bertz CT molecular complexity index is 1010. The largest absolute Gasteiger partial charge is 0.337 e. The van der Waals surface area contributed by atoms with Crippen molar-refractivity contribution >= 4 is 23.2 Å². The van der Waals surface area contributed by atoms with Crippen molar-refractivity contribution in [3.8, 4) is 0 Å². The molecule has 0 atom stereocenters. The van der Waals surface area contributed by atoms with Crippen molar-refractivity contribution < 1.29 is 9.18 Å². The summed E-state index contributed by atoms with van der Waals surface area (Å²) in [7, 11) is 0. The Hall–Kier alpha value is -2.51. The molecule has 1 amide bonds. The van der Waals surface area contributed by atoms with Gasteiger partial charge in [0.05, 0.1) is 10.7 Å². The molecule has 152 valence electrons. The van der Waals surface area contributed by atoms with Crippen molar-refractivity contribution in [1.82, 2.24) is 24.6 Å². The van der Waals surface area contributed by atoms with Crippen LogP contribution in [0.25, 0.3) is 5.65 Å². The van der Waals surface area contributed by atoms with Gasteiger partial charge in [-0.3, -0.25) is 9.78 Å². The minimum absolute atomic E-state index is 0.177. The predicted molar refractivity (Wildman–Crippen MR) is 110 cm³/mol. The monoisotopic (exact) mass is 415 g/mol. The van der Waals surface area contributed by atoms with Crippen molar-refractivity contribution in [2.75, 3.05) is 19.6 Å². The van der Waals surface area contributed by atoms with Gasteiger partial charge in [0.1, 0.15) is 17.0 Å². The van der Waals surface area contributed by atoms with Gasteiger partial charge >= 0.3 is 0 Å². The molecule has 6 nitrogen and oxygen atoms in total. The number of fused-ring (bicyclic) bond motifs is 1. The lowest BCUT2D eigenvalue weighted by atomic mass is 9.93. The van der Waals surface area contributed by atoms with Crippen molar-refractivity contribution in [2.45, 2.75) is 32.0 Å². The number of hydrogen-bond acceptors (Lipinski definition) is 4. The van der Waals surface area contributed by atoms with Crippen LogP contribution < -0.4 is 5.32 Å². The molecular weight excluding hydrogens is 393 g/mol. The Morgan fingerprint density at radius 2 is 2.03 bits per heavy atom. The van der Waals surface area contributed by atoms with E-state index in [0.29, 0.717) is 48.8 Å².